The molecule has 0 aliphatic heterocycles. The van der Waals surface area contributed by atoms with Crippen LogP contribution in [0.15, 0.2) is 23.2 Å². The van der Waals surface area contributed by atoms with Crippen molar-refractivity contribution in [3.63, 3.8) is 0 Å². The van der Waals surface area contributed by atoms with Gasteiger partial charge in [0.2, 0.25) is 0 Å². The molecule has 1 aromatic heterocycles. The molecule has 1 saturated carbocycles. The Kier molecular flexibility index (Phi) is 6.74. The lowest BCUT2D eigenvalue weighted by Crippen LogP contribution is -2.32. The number of benzene rings is 1. The number of aromatic nitrogens is 1. The summed E-state index contributed by atoms with van der Waals surface area (Å²) in [6, 6.07) is 2.28. The third-order valence-electron chi connectivity index (χ3n) is 4.58. The maximum atomic E-state index is 14.5. The number of hydrogen-bond donors (Lipinski definition) is 3. The van der Waals surface area contributed by atoms with Gasteiger partial charge in [-0.15, -0.1) is 0 Å². The number of nitrogens with zero attached hydrogens (tertiary/aromatic N) is 1. The molecular formula is C17H21ClF2N4O2S2. The van der Waals surface area contributed by atoms with Crippen molar-refractivity contribution in [1.29, 1.82) is 0 Å². The summed E-state index contributed by atoms with van der Waals surface area (Å²) in [7, 11) is -2.42. The highest BCUT2D eigenvalue weighted by Gasteiger charge is 2.24. The van der Waals surface area contributed by atoms with Crippen molar-refractivity contribution >= 4 is 43.8 Å². The van der Waals surface area contributed by atoms with Crippen molar-refractivity contribution in [3.8, 4) is 0 Å². The molecule has 0 amide bonds. The largest absolute Gasteiger partial charge is 0.382 e. The first-order valence-corrected chi connectivity index (χ1v) is 11.5. The molecule has 0 radical (unpaired) electrons. The number of nitrogens with one attached hydrogen (secondary N) is 3. The van der Waals surface area contributed by atoms with Gasteiger partial charge < -0.3 is 10.6 Å². The highest BCUT2D eigenvalue weighted by atomic mass is 35.5. The quantitative estimate of drug-likeness (QED) is 0.508. The Morgan fingerprint density at radius 3 is 2.71 bits per heavy atom. The van der Waals surface area contributed by atoms with E-state index in [4.69, 9.17) is 11.6 Å². The summed E-state index contributed by atoms with van der Waals surface area (Å²) in [5.41, 5.74) is 0.310. The third kappa shape index (κ3) is 5.53. The van der Waals surface area contributed by atoms with Crippen molar-refractivity contribution in [2.45, 2.75) is 36.6 Å². The van der Waals surface area contributed by atoms with Crippen LogP contribution < -0.4 is 15.4 Å². The van der Waals surface area contributed by atoms with Gasteiger partial charge in [-0.25, -0.2) is 17.8 Å². The normalized spacial score (nSPS) is 15.4. The average Bonchev–Trinajstić information content (AvgIpc) is 3.38. The minimum Gasteiger partial charge on any atom is -0.382 e. The molecule has 3 rings (SSSR count). The Bertz CT molecular complexity index is 935. The fourth-order valence-corrected chi connectivity index (χ4v) is 4.93. The number of sulfonamides is 1. The summed E-state index contributed by atoms with van der Waals surface area (Å²) in [6.45, 7) is 0.533. The zero-order valence-corrected chi connectivity index (χ0v) is 17.5. The van der Waals surface area contributed by atoms with Crippen molar-refractivity contribution < 1.29 is 17.2 Å². The lowest BCUT2D eigenvalue weighted by Gasteiger charge is -2.18. The zero-order valence-electron chi connectivity index (χ0n) is 15.1. The summed E-state index contributed by atoms with van der Waals surface area (Å²) >= 11 is 6.67. The number of anilines is 2. The van der Waals surface area contributed by atoms with Gasteiger partial charge in [0.05, 0.1) is 16.9 Å². The van der Waals surface area contributed by atoms with Crippen LogP contribution in [0.3, 0.4) is 0 Å². The van der Waals surface area contributed by atoms with E-state index < -0.39 is 25.9 Å². The van der Waals surface area contributed by atoms with Crippen molar-refractivity contribution in [1.82, 2.24) is 10.3 Å². The second-order valence-corrected chi connectivity index (χ2v) is 9.76. The fourth-order valence-electron chi connectivity index (χ4n) is 2.77. The van der Waals surface area contributed by atoms with Gasteiger partial charge in [0.1, 0.15) is 10.7 Å². The lowest BCUT2D eigenvalue weighted by atomic mass is 10.1. The molecule has 1 fully saturated rings. The topological polar surface area (TPSA) is 83.1 Å². The van der Waals surface area contributed by atoms with Crippen LogP contribution in [0.4, 0.5) is 19.6 Å². The van der Waals surface area contributed by atoms with E-state index in [0.717, 1.165) is 37.1 Å². The molecule has 154 valence electrons. The number of hydrogen-bond acceptors (Lipinski definition) is 6. The molecule has 0 unspecified atom stereocenters. The smallest absolute Gasteiger partial charge is 0.266 e. The summed E-state index contributed by atoms with van der Waals surface area (Å²) in [4.78, 5) is 2.94. The average molecular weight is 451 g/mol. The summed E-state index contributed by atoms with van der Waals surface area (Å²) in [5, 5.41) is 5.51. The number of thiazole rings is 1. The minimum absolute atomic E-state index is 0.0733. The minimum atomic E-state index is -4.29. The van der Waals surface area contributed by atoms with Gasteiger partial charge in [0.25, 0.3) is 10.0 Å². The van der Waals surface area contributed by atoms with E-state index in [0.29, 0.717) is 23.6 Å². The number of rotatable bonds is 10. The monoisotopic (exact) mass is 450 g/mol. The van der Waals surface area contributed by atoms with E-state index >= 15 is 0 Å². The highest BCUT2D eigenvalue weighted by Crippen LogP contribution is 2.34. The first-order chi connectivity index (χ1) is 13.3. The van der Waals surface area contributed by atoms with Crippen LogP contribution in [0, 0.1) is 16.9 Å². The Morgan fingerprint density at radius 2 is 2.11 bits per heavy atom. The van der Waals surface area contributed by atoms with Crippen molar-refractivity contribution in [2.24, 2.45) is 5.92 Å². The van der Waals surface area contributed by atoms with Gasteiger partial charge in [-0.2, -0.15) is 4.39 Å². The van der Waals surface area contributed by atoms with E-state index in [1.165, 1.54) is 12.8 Å². The Labute approximate surface area is 171 Å². The molecular weight excluding hydrogens is 430 g/mol. The molecule has 1 heterocycles. The fraction of sp³-hybridized carbons (Fsp3) is 0.471. The lowest BCUT2D eigenvalue weighted by molar-refractivity contribution is 0.504. The molecule has 1 aliphatic rings. The number of halogens is 3. The second kappa shape index (κ2) is 8.89. The van der Waals surface area contributed by atoms with Gasteiger partial charge in [0, 0.05) is 12.6 Å². The zero-order chi connectivity index (χ0) is 20.3. The Balaban J connectivity index is 1.69. The molecule has 2 aromatic rings. The maximum absolute atomic E-state index is 14.5. The predicted octanol–water partition coefficient (Wildman–Crippen LogP) is 4.07. The van der Waals surface area contributed by atoms with E-state index in [-0.39, 0.29) is 16.2 Å². The van der Waals surface area contributed by atoms with E-state index in [9.17, 15) is 17.2 Å². The molecule has 28 heavy (non-hydrogen) atoms. The molecule has 1 atom stereocenters. The van der Waals surface area contributed by atoms with Gasteiger partial charge in [-0.05, 0) is 37.9 Å². The van der Waals surface area contributed by atoms with Crippen LogP contribution in [0.2, 0.25) is 5.02 Å². The van der Waals surface area contributed by atoms with Crippen LogP contribution in [0.25, 0.3) is 0 Å². The summed E-state index contributed by atoms with van der Waals surface area (Å²) < 4.78 is 54.3. The molecule has 6 nitrogen and oxygen atoms in total. The van der Waals surface area contributed by atoms with Crippen molar-refractivity contribution in [2.75, 3.05) is 23.6 Å². The van der Waals surface area contributed by atoms with Gasteiger partial charge >= 0.3 is 0 Å². The highest BCUT2D eigenvalue weighted by molar-refractivity contribution is 7.93. The SMILES string of the molecule is CN[C@@H](CCC1CC1)CNc1cc(F)c(S(=O)(=O)Nc2ncc(F)s2)cc1Cl. The van der Waals surface area contributed by atoms with E-state index in [2.05, 4.69) is 15.6 Å². The first kappa shape index (κ1) is 21.2. The van der Waals surface area contributed by atoms with Gasteiger partial charge in [-0.3, -0.25) is 4.72 Å². The maximum Gasteiger partial charge on any atom is 0.266 e. The molecule has 1 aliphatic carbocycles. The first-order valence-electron chi connectivity index (χ1n) is 8.83. The van der Waals surface area contributed by atoms with E-state index in [1.54, 1.807) is 0 Å². The van der Waals surface area contributed by atoms with Crippen LogP contribution in [0.1, 0.15) is 25.7 Å². The van der Waals surface area contributed by atoms with Gasteiger partial charge in [-0.1, -0.05) is 35.8 Å². The summed E-state index contributed by atoms with van der Waals surface area (Å²) in [6.07, 6.45) is 5.60. The van der Waals surface area contributed by atoms with E-state index in [1.807, 2.05) is 11.8 Å². The van der Waals surface area contributed by atoms with Crippen LogP contribution in [-0.2, 0) is 10.0 Å². The molecule has 11 heteroatoms. The molecule has 1 aromatic carbocycles. The van der Waals surface area contributed by atoms with Crippen LogP contribution in [-0.4, -0.2) is 33.0 Å². The standard InChI is InChI=1S/C17H21ClF2N4O2S2/c1-21-11(5-4-10-2-3-10)8-22-14-7-13(19)15(6-12(14)18)28(25,26)24-17-23-9-16(20)27-17/h6-7,9-11,21-22H,2-5,8H2,1H3,(H,23,24)/t11-/m0/s1. The third-order valence-corrected chi connectivity index (χ3v) is 7.07. The predicted molar refractivity (Wildman–Crippen MR) is 108 cm³/mol. The summed E-state index contributed by atoms with van der Waals surface area (Å²) in [5.74, 6) is -0.143. The Morgan fingerprint density at radius 1 is 1.36 bits per heavy atom. The number of likely N-dealkylation sites (N-methyl/N-ethyl adjacent to an activating group) is 1. The molecule has 3 N–H and O–H groups in total. The van der Waals surface area contributed by atoms with Crippen LogP contribution >= 0.6 is 22.9 Å². The second-order valence-electron chi connectivity index (χ2n) is 6.72. The molecule has 0 bridgehead atoms. The van der Waals surface area contributed by atoms with Crippen LogP contribution in [0.5, 0.6) is 0 Å². The molecule has 0 spiro atoms. The van der Waals surface area contributed by atoms with Crippen molar-refractivity contribution in [3.05, 3.63) is 34.3 Å². The van der Waals surface area contributed by atoms with Gasteiger partial charge in [0.15, 0.2) is 10.3 Å². The Hall–Kier alpha value is -1.49. The molecule has 0 saturated heterocycles.